The van der Waals surface area contributed by atoms with Crippen molar-refractivity contribution in [3.8, 4) is 0 Å². The van der Waals surface area contributed by atoms with Gasteiger partial charge in [-0.05, 0) is 77.0 Å². The van der Waals surface area contributed by atoms with Crippen molar-refractivity contribution in [1.29, 1.82) is 0 Å². The first-order valence-electron chi connectivity index (χ1n) is 24.4. The van der Waals surface area contributed by atoms with Gasteiger partial charge < -0.3 is 33.3 Å². The van der Waals surface area contributed by atoms with Crippen LogP contribution in [0, 0.1) is 0 Å². The molecule has 2 unspecified atom stereocenters. The van der Waals surface area contributed by atoms with Crippen LogP contribution in [-0.4, -0.2) is 82.3 Å². The molecule has 9 nitrogen and oxygen atoms in total. The van der Waals surface area contributed by atoms with Crippen LogP contribution < -0.4 is 5.11 Å². The molecule has 352 valence electrons. The summed E-state index contributed by atoms with van der Waals surface area (Å²) >= 11 is 0. The molecule has 0 saturated heterocycles. The maximum atomic E-state index is 12.8. The topological polar surface area (TPSA) is 111 Å². The molecule has 0 spiro atoms. The molecule has 0 aromatic heterocycles. The van der Waals surface area contributed by atoms with Crippen LogP contribution >= 0.6 is 0 Å². The molecule has 0 heterocycles. The first kappa shape index (κ1) is 58.0. The van der Waals surface area contributed by atoms with Crippen molar-refractivity contribution in [3.63, 3.8) is 0 Å². The van der Waals surface area contributed by atoms with Gasteiger partial charge in [0.2, 0.25) is 0 Å². The van der Waals surface area contributed by atoms with Crippen LogP contribution in [0.2, 0.25) is 0 Å². The second-order valence-corrected chi connectivity index (χ2v) is 17.4. The van der Waals surface area contributed by atoms with Gasteiger partial charge in [-0.3, -0.25) is 9.59 Å². The molecule has 0 aliphatic rings. The van der Waals surface area contributed by atoms with Gasteiger partial charge >= 0.3 is 11.9 Å². The number of carbonyl (C=O) groups excluding carboxylic acids is 3. The number of carbonyl (C=O) groups is 3. The first-order valence-corrected chi connectivity index (χ1v) is 24.4. The number of hydrogen-bond donors (Lipinski definition) is 0. The Morgan fingerprint density at radius 3 is 1.41 bits per heavy atom. The Balaban J connectivity index is 4.42. The van der Waals surface area contributed by atoms with E-state index in [0.29, 0.717) is 17.4 Å². The summed E-state index contributed by atoms with van der Waals surface area (Å²) in [5.41, 5.74) is 0. The molecule has 0 N–H and O–H groups in total. The quantitative estimate of drug-likeness (QED) is 0.0196. The Morgan fingerprint density at radius 2 is 0.934 bits per heavy atom. The van der Waals surface area contributed by atoms with E-state index in [1.807, 2.05) is 21.1 Å². The molecule has 0 radical (unpaired) electrons. The average Bonchev–Trinajstić information content (AvgIpc) is 3.22. The van der Waals surface area contributed by atoms with Gasteiger partial charge in [0.1, 0.15) is 13.2 Å². The third-order valence-electron chi connectivity index (χ3n) is 10.2. The van der Waals surface area contributed by atoms with Crippen LogP contribution in [0.5, 0.6) is 0 Å². The number of quaternary nitrogens is 1. The summed E-state index contributed by atoms with van der Waals surface area (Å²) in [7, 11) is 5.90. The van der Waals surface area contributed by atoms with Crippen LogP contribution in [0.1, 0.15) is 194 Å². The summed E-state index contributed by atoms with van der Waals surface area (Å²) in [5, 5.41) is 11.7. The highest BCUT2D eigenvalue weighted by Gasteiger charge is 2.21. The van der Waals surface area contributed by atoms with Crippen molar-refractivity contribution < 1.29 is 42.9 Å². The molecule has 0 amide bonds. The van der Waals surface area contributed by atoms with E-state index in [0.717, 1.165) is 96.3 Å². The monoisotopic (exact) mass is 858 g/mol. The fraction of sp³-hybridized carbons (Fsp3) is 0.750. The van der Waals surface area contributed by atoms with E-state index in [1.165, 1.54) is 64.2 Å². The summed E-state index contributed by atoms with van der Waals surface area (Å²) in [5.74, 6) is -2.31. The Morgan fingerprint density at radius 1 is 0.508 bits per heavy atom. The fourth-order valence-electron chi connectivity index (χ4n) is 6.46. The second-order valence-electron chi connectivity index (χ2n) is 17.4. The zero-order valence-corrected chi connectivity index (χ0v) is 39.8. The number of unbranched alkanes of at least 4 members (excludes halogenated alkanes) is 19. The van der Waals surface area contributed by atoms with Gasteiger partial charge in [-0.1, -0.05) is 164 Å². The Kier molecular flexibility index (Phi) is 41.5. The van der Waals surface area contributed by atoms with E-state index < -0.39 is 24.3 Å². The molecule has 61 heavy (non-hydrogen) atoms. The molecule has 9 heteroatoms. The Hall–Kier alpha value is -3.01. The number of allylic oxidation sites excluding steroid dienone is 10. The number of carboxylic acid groups (broad SMARTS) is 1. The van der Waals surface area contributed by atoms with Crippen LogP contribution in [0.25, 0.3) is 0 Å². The molecular weight excluding hydrogens is 767 g/mol. The van der Waals surface area contributed by atoms with E-state index in [-0.39, 0.29) is 38.6 Å². The van der Waals surface area contributed by atoms with Crippen LogP contribution in [-0.2, 0) is 33.3 Å². The smallest absolute Gasteiger partial charge is 0.306 e. The van der Waals surface area contributed by atoms with E-state index in [1.54, 1.807) is 0 Å². The summed E-state index contributed by atoms with van der Waals surface area (Å²) < 4.78 is 22.6. The maximum Gasteiger partial charge on any atom is 0.306 e. The van der Waals surface area contributed by atoms with Crippen molar-refractivity contribution >= 4 is 17.9 Å². The minimum Gasteiger partial charge on any atom is -0.545 e. The molecule has 0 aliphatic heterocycles. The molecule has 2 atom stereocenters. The maximum absolute atomic E-state index is 12.8. The molecule has 0 rings (SSSR count). The number of aliphatic carboxylic acids is 1. The number of hydrogen-bond acceptors (Lipinski definition) is 8. The van der Waals surface area contributed by atoms with Crippen molar-refractivity contribution in [2.75, 3.05) is 47.5 Å². The molecular formula is C52H91NO8. The van der Waals surface area contributed by atoms with Crippen LogP contribution in [0.4, 0.5) is 0 Å². The number of rotatable bonds is 44. The van der Waals surface area contributed by atoms with Gasteiger partial charge in [-0.2, -0.15) is 0 Å². The van der Waals surface area contributed by atoms with Crippen LogP contribution in [0.3, 0.4) is 0 Å². The average molecular weight is 858 g/mol. The number of ether oxygens (including phenoxy) is 4. The fourth-order valence-corrected chi connectivity index (χ4v) is 6.46. The van der Waals surface area contributed by atoms with Crippen molar-refractivity contribution in [3.05, 3.63) is 60.8 Å². The summed E-state index contributed by atoms with van der Waals surface area (Å²) in [4.78, 5) is 37.1. The van der Waals surface area contributed by atoms with Crippen molar-refractivity contribution in [1.82, 2.24) is 0 Å². The molecule has 0 bridgehead atoms. The van der Waals surface area contributed by atoms with Gasteiger partial charge in [0.25, 0.3) is 0 Å². The summed E-state index contributed by atoms with van der Waals surface area (Å²) in [6, 6.07) is 0. The predicted octanol–water partition coefficient (Wildman–Crippen LogP) is 12.0. The van der Waals surface area contributed by atoms with Gasteiger partial charge in [-0.15, -0.1) is 0 Å². The zero-order chi connectivity index (χ0) is 44.9. The number of likely N-dealkylation sites (N-methyl/N-ethyl adjacent to an activating group) is 1. The number of esters is 2. The predicted molar refractivity (Wildman–Crippen MR) is 251 cm³/mol. The lowest BCUT2D eigenvalue weighted by atomic mass is 10.1. The third kappa shape index (κ3) is 44.8. The molecule has 0 saturated carbocycles. The Labute approximate surface area is 374 Å². The highest BCUT2D eigenvalue weighted by molar-refractivity contribution is 5.70. The molecule has 0 aromatic carbocycles. The SMILES string of the molecule is CC/C=C\C/C=C\C/C=C\C/C=C\CCCCCCCCC(=O)OC(COC(=O)CCCCCCCCC/C=C\CCCCCCCC)COC(OCC[N+](C)(C)C)C(=O)[O-]. The third-order valence-corrected chi connectivity index (χ3v) is 10.2. The zero-order valence-electron chi connectivity index (χ0n) is 39.8. The molecule has 0 aliphatic carbocycles. The second kappa shape index (κ2) is 43.6. The van der Waals surface area contributed by atoms with Crippen molar-refractivity contribution in [2.45, 2.75) is 206 Å². The minimum atomic E-state index is -1.63. The Bertz CT molecular complexity index is 1180. The lowest BCUT2D eigenvalue weighted by molar-refractivity contribution is -0.870. The molecule has 0 fully saturated rings. The normalized spacial score (nSPS) is 13.4. The van der Waals surface area contributed by atoms with Crippen molar-refractivity contribution in [2.24, 2.45) is 0 Å². The lowest BCUT2D eigenvalue weighted by Gasteiger charge is -2.26. The highest BCUT2D eigenvalue weighted by Crippen LogP contribution is 2.14. The van der Waals surface area contributed by atoms with Gasteiger partial charge in [0, 0.05) is 12.8 Å². The van der Waals surface area contributed by atoms with Gasteiger partial charge in [-0.25, -0.2) is 0 Å². The minimum absolute atomic E-state index is 0.142. The lowest BCUT2D eigenvalue weighted by Crippen LogP contribution is -2.44. The van der Waals surface area contributed by atoms with Crippen LogP contribution in [0.15, 0.2) is 60.8 Å². The van der Waals surface area contributed by atoms with Gasteiger partial charge in [0.05, 0.1) is 40.3 Å². The van der Waals surface area contributed by atoms with E-state index in [9.17, 15) is 19.5 Å². The van der Waals surface area contributed by atoms with E-state index >= 15 is 0 Å². The summed E-state index contributed by atoms with van der Waals surface area (Å²) in [6.45, 7) is 4.60. The number of nitrogens with zero attached hydrogens (tertiary/aromatic N) is 1. The first-order chi connectivity index (χ1) is 29.6. The van der Waals surface area contributed by atoms with E-state index in [2.05, 4.69) is 74.6 Å². The highest BCUT2D eigenvalue weighted by atomic mass is 16.7. The largest absolute Gasteiger partial charge is 0.545 e. The van der Waals surface area contributed by atoms with E-state index in [4.69, 9.17) is 18.9 Å². The van der Waals surface area contributed by atoms with Gasteiger partial charge in [0.15, 0.2) is 12.4 Å². The standard InChI is InChI=1S/C52H91NO8/c1-6-8-10-12-14-16-18-20-22-24-25-27-29-31-33-35-37-39-41-43-50(55)61-48(47-60-52(51(56)57)58-45-44-53(3,4)5)46-59-49(54)42-40-38-36-34-32-30-28-26-23-21-19-17-15-13-11-9-7-2/h8,10,14,16,20-23,25,27,48,52H,6-7,9,11-13,15,17-19,24,26,28-47H2,1-5H3/b10-8-,16-14-,22-20-,23-21-,27-25-. The molecule has 0 aromatic rings. The summed E-state index contributed by atoms with van der Waals surface area (Å²) in [6.07, 6.45) is 49.6. The number of carboxylic acids is 1.